The van der Waals surface area contributed by atoms with Crippen LogP contribution in [0.5, 0.6) is 0 Å². The van der Waals surface area contributed by atoms with E-state index in [4.69, 9.17) is 5.11 Å². The quantitative estimate of drug-likeness (QED) is 0.761. The summed E-state index contributed by atoms with van der Waals surface area (Å²) >= 11 is 0. The Morgan fingerprint density at radius 2 is 2.15 bits per heavy atom. The van der Waals surface area contributed by atoms with E-state index in [-0.39, 0.29) is 11.9 Å². The number of rotatable bonds is 3. The Balaban J connectivity index is 2.71. The summed E-state index contributed by atoms with van der Waals surface area (Å²) in [6.07, 6.45) is 0.853. The molecule has 0 aliphatic heterocycles. The number of aryl methyl sites for hydroxylation is 2. The molecule has 1 atom stereocenters. The van der Waals surface area contributed by atoms with Crippen molar-refractivity contribution in [1.82, 2.24) is 0 Å². The molecule has 0 aliphatic carbocycles. The molecule has 0 saturated carbocycles. The molecule has 0 aliphatic rings. The number of aliphatic hydroxyl groups excluding tert-OH is 1. The van der Waals surface area contributed by atoms with Crippen LogP contribution in [-0.2, 0) is 6.42 Å². The fraction of sp³-hybridized carbons (Fsp3) is 0.455. The highest BCUT2D eigenvalue weighted by Crippen LogP contribution is 2.14. The van der Waals surface area contributed by atoms with E-state index in [1.165, 1.54) is 0 Å². The van der Waals surface area contributed by atoms with Crippen LogP contribution in [0, 0.1) is 12.7 Å². The molecule has 1 aromatic rings. The molecule has 1 nitrogen and oxygen atoms in total. The Labute approximate surface area is 78.2 Å². The summed E-state index contributed by atoms with van der Waals surface area (Å²) in [6.45, 7) is 3.47. The summed E-state index contributed by atoms with van der Waals surface area (Å²) in [7, 11) is 0. The third-order valence-corrected chi connectivity index (χ3v) is 2.10. The van der Waals surface area contributed by atoms with Crippen molar-refractivity contribution in [3.63, 3.8) is 0 Å². The summed E-state index contributed by atoms with van der Waals surface area (Å²) in [5.74, 6) is -0.136. The van der Waals surface area contributed by atoms with Gasteiger partial charge in [0.05, 0.1) is 6.10 Å². The molecular weight excluding hydrogens is 167 g/mol. The number of hydrogen-bond acceptors (Lipinski definition) is 1. The third-order valence-electron chi connectivity index (χ3n) is 2.10. The molecule has 1 N–H and O–H groups in total. The zero-order valence-corrected chi connectivity index (χ0v) is 8.05. The van der Waals surface area contributed by atoms with Crippen LogP contribution in [0.4, 0.5) is 4.39 Å². The summed E-state index contributed by atoms with van der Waals surface area (Å²) in [4.78, 5) is 0. The van der Waals surface area contributed by atoms with Gasteiger partial charge < -0.3 is 5.11 Å². The lowest BCUT2D eigenvalue weighted by molar-refractivity contribution is 0.184. The van der Waals surface area contributed by atoms with Crippen LogP contribution in [-0.4, -0.2) is 11.2 Å². The second-order valence-electron chi connectivity index (χ2n) is 3.44. The van der Waals surface area contributed by atoms with Gasteiger partial charge in [-0.15, -0.1) is 0 Å². The molecule has 1 rings (SSSR count). The van der Waals surface area contributed by atoms with Gasteiger partial charge >= 0.3 is 0 Å². The highest BCUT2D eigenvalue weighted by molar-refractivity contribution is 5.24. The molecule has 2 heteroatoms. The van der Waals surface area contributed by atoms with Gasteiger partial charge in [0.25, 0.3) is 0 Å². The largest absolute Gasteiger partial charge is 0.393 e. The van der Waals surface area contributed by atoms with Gasteiger partial charge in [0, 0.05) is 0 Å². The van der Waals surface area contributed by atoms with E-state index in [1.807, 2.05) is 6.07 Å². The summed E-state index contributed by atoms with van der Waals surface area (Å²) in [6, 6.07) is 5.36. The van der Waals surface area contributed by atoms with Gasteiger partial charge in [0.1, 0.15) is 5.82 Å². The SMILES string of the molecule is Cc1cccc(CC[C@H](C)O)c1F. The van der Waals surface area contributed by atoms with Gasteiger partial charge in [0.2, 0.25) is 0 Å². The first-order chi connectivity index (χ1) is 6.11. The maximum absolute atomic E-state index is 13.4. The smallest absolute Gasteiger partial charge is 0.129 e. The Morgan fingerprint density at radius 1 is 1.46 bits per heavy atom. The predicted molar refractivity (Wildman–Crippen MR) is 51.1 cm³/mol. The highest BCUT2D eigenvalue weighted by atomic mass is 19.1. The van der Waals surface area contributed by atoms with Gasteiger partial charge in [-0.2, -0.15) is 0 Å². The number of hydrogen-bond donors (Lipinski definition) is 1. The van der Waals surface area contributed by atoms with E-state index in [9.17, 15) is 4.39 Å². The lowest BCUT2D eigenvalue weighted by Gasteiger charge is -2.06. The van der Waals surface area contributed by atoms with Crippen molar-refractivity contribution in [2.24, 2.45) is 0 Å². The van der Waals surface area contributed by atoms with Crippen LogP contribution in [0.2, 0.25) is 0 Å². The molecule has 0 spiro atoms. The molecule has 72 valence electrons. The average molecular weight is 182 g/mol. The summed E-state index contributed by atoms with van der Waals surface area (Å²) in [5, 5.41) is 9.05. The van der Waals surface area contributed by atoms with Crippen LogP contribution < -0.4 is 0 Å². The maximum Gasteiger partial charge on any atom is 0.129 e. The molecule has 1 aromatic carbocycles. The summed E-state index contributed by atoms with van der Waals surface area (Å²) < 4.78 is 13.4. The fourth-order valence-electron chi connectivity index (χ4n) is 1.27. The number of aliphatic hydroxyl groups is 1. The Morgan fingerprint density at radius 3 is 2.77 bits per heavy atom. The number of benzene rings is 1. The van der Waals surface area contributed by atoms with Crippen LogP contribution in [0.3, 0.4) is 0 Å². The average Bonchev–Trinajstić information content (AvgIpc) is 2.07. The van der Waals surface area contributed by atoms with E-state index in [2.05, 4.69) is 0 Å². The predicted octanol–water partition coefficient (Wildman–Crippen LogP) is 2.45. The van der Waals surface area contributed by atoms with Crippen molar-refractivity contribution >= 4 is 0 Å². The molecular formula is C11H15FO. The lowest BCUT2D eigenvalue weighted by Crippen LogP contribution is -2.03. The minimum absolute atomic E-state index is 0.136. The Hall–Kier alpha value is -0.890. The third kappa shape index (κ3) is 2.81. The molecule has 0 amide bonds. The minimum Gasteiger partial charge on any atom is -0.393 e. The normalized spacial score (nSPS) is 12.9. The fourth-order valence-corrected chi connectivity index (χ4v) is 1.27. The zero-order chi connectivity index (χ0) is 9.84. The van der Waals surface area contributed by atoms with Crippen LogP contribution >= 0.6 is 0 Å². The zero-order valence-electron chi connectivity index (χ0n) is 8.05. The first-order valence-corrected chi connectivity index (χ1v) is 4.53. The highest BCUT2D eigenvalue weighted by Gasteiger charge is 2.05. The molecule has 0 saturated heterocycles. The molecule has 0 aromatic heterocycles. The van der Waals surface area contributed by atoms with Gasteiger partial charge in [-0.25, -0.2) is 4.39 Å². The van der Waals surface area contributed by atoms with Crippen molar-refractivity contribution in [2.45, 2.75) is 32.8 Å². The standard InChI is InChI=1S/C11H15FO/c1-8-4-3-5-10(11(8)12)7-6-9(2)13/h3-5,9,13H,6-7H2,1-2H3/t9-/m0/s1. The lowest BCUT2D eigenvalue weighted by atomic mass is 10.0. The van der Waals surface area contributed by atoms with Crippen molar-refractivity contribution in [2.75, 3.05) is 0 Å². The molecule has 0 heterocycles. The molecule has 13 heavy (non-hydrogen) atoms. The van der Waals surface area contributed by atoms with E-state index in [0.717, 1.165) is 0 Å². The summed E-state index contributed by atoms with van der Waals surface area (Å²) in [5.41, 5.74) is 1.36. The van der Waals surface area contributed by atoms with E-state index < -0.39 is 0 Å². The molecule has 0 unspecified atom stereocenters. The van der Waals surface area contributed by atoms with Crippen molar-refractivity contribution in [1.29, 1.82) is 0 Å². The maximum atomic E-state index is 13.4. The van der Waals surface area contributed by atoms with Crippen LogP contribution in [0.1, 0.15) is 24.5 Å². The van der Waals surface area contributed by atoms with Crippen molar-refractivity contribution < 1.29 is 9.50 Å². The van der Waals surface area contributed by atoms with Crippen LogP contribution in [0.15, 0.2) is 18.2 Å². The number of halogens is 1. The Kier molecular flexibility index (Phi) is 3.43. The first-order valence-electron chi connectivity index (χ1n) is 4.53. The first kappa shape index (κ1) is 10.2. The van der Waals surface area contributed by atoms with Gasteiger partial charge in [0.15, 0.2) is 0 Å². The van der Waals surface area contributed by atoms with Crippen molar-refractivity contribution in [3.05, 3.63) is 35.1 Å². The van der Waals surface area contributed by atoms with E-state index in [0.29, 0.717) is 24.0 Å². The van der Waals surface area contributed by atoms with Crippen molar-refractivity contribution in [3.8, 4) is 0 Å². The van der Waals surface area contributed by atoms with E-state index >= 15 is 0 Å². The van der Waals surface area contributed by atoms with E-state index in [1.54, 1.807) is 26.0 Å². The minimum atomic E-state index is -0.361. The monoisotopic (exact) mass is 182 g/mol. The Bertz CT molecular complexity index is 281. The second kappa shape index (κ2) is 4.38. The van der Waals surface area contributed by atoms with Gasteiger partial charge in [-0.3, -0.25) is 0 Å². The molecule has 0 radical (unpaired) electrons. The topological polar surface area (TPSA) is 20.2 Å². The second-order valence-corrected chi connectivity index (χ2v) is 3.44. The molecule has 0 bridgehead atoms. The van der Waals surface area contributed by atoms with Crippen LogP contribution in [0.25, 0.3) is 0 Å². The van der Waals surface area contributed by atoms with Gasteiger partial charge in [-0.05, 0) is 37.8 Å². The molecule has 0 fully saturated rings. The van der Waals surface area contributed by atoms with Gasteiger partial charge in [-0.1, -0.05) is 18.2 Å².